The number of nitrogens with zero attached hydrogens (tertiary/aromatic N) is 2. The maximum absolute atomic E-state index is 13.3. The van der Waals surface area contributed by atoms with Crippen molar-refractivity contribution in [3.63, 3.8) is 0 Å². The fourth-order valence-corrected chi connectivity index (χ4v) is 2.72. The summed E-state index contributed by atoms with van der Waals surface area (Å²) in [7, 11) is 0. The Hall–Kier alpha value is -4.53. The van der Waals surface area contributed by atoms with E-state index in [2.05, 4.69) is 32.0 Å². The van der Waals surface area contributed by atoms with Crippen LogP contribution in [0.25, 0.3) is 22.4 Å². The van der Waals surface area contributed by atoms with E-state index in [0.717, 1.165) is 28.1 Å². The second-order valence-electron chi connectivity index (χ2n) is 6.28. The van der Waals surface area contributed by atoms with E-state index in [1.807, 2.05) is 42.5 Å². The number of nitrogens with two attached hydrogens (primary N) is 2. The van der Waals surface area contributed by atoms with Gasteiger partial charge in [0.05, 0.1) is 11.3 Å². The molecule has 0 aliphatic rings. The zero-order valence-electron chi connectivity index (χ0n) is 16.2. The molecule has 0 bridgehead atoms. The van der Waals surface area contributed by atoms with Crippen LogP contribution in [0, 0.1) is 5.82 Å². The molecule has 0 aliphatic carbocycles. The van der Waals surface area contributed by atoms with Crippen LogP contribution in [0.3, 0.4) is 0 Å². The lowest BCUT2D eigenvalue weighted by Crippen LogP contribution is -2.29. The molecule has 4 rings (SSSR count). The Bertz CT molecular complexity index is 1150. The average Bonchev–Trinajstić information content (AvgIpc) is 3.19. The predicted octanol–water partition coefficient (Wildman–Crippen LogP) is 2.98. The number of carbonyl (C=O) groups is 2. The van der Waals surface area contributed by atoms with Crippen LogP contribution in [0.1, 0.15) is 0 Å². The van der Waals surface area contributed by atoms with E-state index in [1.54, 1.807) is 24.5 Å². The summed E-state index contributed by atoms with van der Waals surface area (Å²) in [5, 5.41) is 10.8. The van der Waals surface area contributed by atoms with E-state index in [0.29, 0.717) is 5.82 Å². The lowest BCUT2D eigenvalue weighted by molar-refractivity contribution is -0.135. The number of hydrogen-bond donors (Lipinski definition) is 4. The van der Waals surface area contributed by atoms with Crippen LogP contribution in [0.4, 0.5) is 15.9 Å². The molecule has 0 saturated carbocycles. The minimum Gasteiger partial charge on any atom is -0.361 e. The summed E-state index contributed by atoms with van der Waals surface area (Å²) < 4.78 is 13.3. The molecule has 4 aromatic rings. The number of H-pyrrole nitrogens is 1. The molecule has 6 N–H and O–H groups in total. The highest BCUT2D eigenvalue weighted by Crippen LogP contribution is 2.37. The maximum atomic E-state index is 13.3. The number of anilines is 2. The number of aromatic nitrogens is 3. The van der Waals surface area contributed by atoms with E-state index in [-0.39, 0.29) is 5.82 Å². The normalized spacial score (nSPS) is 9.97. The molecule has 9 heteroatoms. The minimum absolute atomic E-state index is 0.267. The number of pyridine rings is 1. The molecule has 2 aromatic heterocycles. The fraction of sp³-hybridized carbons (Fsp3) is 0. The summed E-state index contributed by atoms with van der Waals surface area (Å²) >= 11 is 0. The molecule has 31 heavy (non-hydrogen) atoms. The number of amides is 2. The van der Waals surface area contributed by atoms with Crippen molar-refractivity contribution >= 4 is 23.3 Å². The molecule has 0 atom stereocenters. The topological polar surface area (TPSA) is 140 Å². The molecule has 2 heterocycles. The van der Waals surface area contributed by atoms with E-state index in [4.69, 9.17) is 0 Å². The van der Waals surface area contributed by atoms with Crippen LogP contribution in [0.2, 0.25) is 0 Å². The van der Waals surface area contributed by atoms with Gasteiger partial charge in [-0.2, -0.15) is 5.10 Å². The summed E-state index contributed by atoms with van der Waals surface area (Å²) in [6.45, 7) is 0. The van der Waals surface area contributed by atoms with Gasteiger partial charge in [0.2, 0.25) is 0 Å². The molecular formula is C22H19FN6O2. The average molecular weight is 418 g/mol. The highest BCUT2D eigenvalue weighted by Gasteiger charge is 2.17. The Morgan fingerprint density at radius 1 is 0.839 bits per heavy atom. The smallest absolute Gasteiger partial charge is 0.306 e. The second-order valence-corrected chi connectivity index (χ2v) is 6.28. The molecule has 2 amide bonds. The Morgan fingerprint density at radius 3 is 2.03 bits per heavy atom. The van der Waals surface area contributed by atoms with Gasteiger partial charge in [-0.25, -0.2) is 4.39 Å². The van der Waals surface area contributed by atoms with Crippen molar-refractivity contribution in [1.29, 1.82) is 0 Å². The van der Waals surface area contributed by atoms with Crippen LogP contribution in [0.15, 0.2) is 79.1 Å². The van der Waals surface area contributed by atoms with Gasteiger partial charge in [0, 0.05) is 23.6 Å². The van der Waals surface area contributed by atoms with Crippen molar-refractivity contribution in [3.8, 4) is 22.4 Å². The largest absolute Gasteiger partial charge is 0.361 e. The quantitative estimate of drug-likeness (QED) is 0.377. The molecule has 2 aromatic carbocycles. The number of nitrogens with one attached hydrogen (secondary N) is 2. The van der Waals surface area contributed by atoms with Gasteiger partial charge in [-0.05, 0) is 54.1 Å². The first kappa shape index (κ1) is 21.2. The lowest BCUT2D eigenvalue weighted by atomic mass is 10.0. The van der Waals surface area contributed by atoms with Gasteiger partial charge >= 0.3 is 11.8 Å². The number of halogens is 1. The SMILES string of the molecule is Fc1ccc(-c2[nH]nc(Nc3ccccc3)c2-c2ccncc2)cc1.NC(=O)C(N)=O. The first-order chi connectivity index (χ1) is 15.0. The second kappa shape index (κ2) is 9.79. The standard InChI is InChI=1S/C20H15FN4.C2H4N2O2/c21-16-8-6-15(7-9-16)19-18(14-10-12-22-13-11-14)20(25-24-19)23-17-4-2-1-3-5-17;3-1(5)2(4)6/h1-13H,(H2,23,24,25);(H2,3,5)(H2,4,6). The first-order valence-electron chi connectivity index (χ1n) is 9.11. The number of aromatic amines is 1. The van der Waals surface area contributed by atoms with Gasteiger partial charge < -0.3 is 16.8 Å². The van der Waals surface area contributed by atoms with Gasteiger partial charge in [-0.3, -0.25) is 19.7 Å². The predicted molar refractivity (Wildman–Crippen MR) is 115 cm³/mol. The fourth-order valence-electron chi connectivity index (χ4n) is 2.72. The van der Waals surface area contributed by atoms with E-state index >= 15 is 0 Å². The molecule has 0 saturated heterocycles. The molecule has 0 unspecified atom stereocenters. The zero-order chi connectivity index (χ0) is 22.2. The number of para-hydroxylation sites is 1. The third-order valence-electron chi connectivity index (χ3n) is 4.15. The third kappa shape index (κ3) is 5.51. The maximum Gasteiger partial charge on any atom is 0.306 e. The Balaban J connectivity index is 0.000000401. The van der Waals surface area contributed by atoms with Gasteiger partial charge in [-0.1, -0.05) is 18.2 Å². The Morgan fingerprint density at radius 2 is 1.45 bits per heavy atom. The number of rotatable bonds is 4. The van der Waals surface area contributed by atoms with Crippen LogP contribution < -0.4 is 16.8 Å². The Kier molecular flexibility index (Phi) is 6.69. The van der Waals surface area contributed by atoms with Crippen LogP contribution in [-0.4, -0.2) is 27.0 Å². The van der Waals surface area contributed by atoms with Crippen molar-refractivity contribution in [2.45, 2.75) is 0 Å². The van der Waals surface area contributed by atoms with E-state index in [1.165, 1.54) is 12.1 Å². The number of hydrogen-bond acceptors (Lipinski definition) is 5. The number of benzene rings is 2. The molecule has 0 fully saturated rings. The molecular weight excluding hydrogens is 399 g/mol. The first-order valence-corrected chi connectivity index (χ1v) is 9.11. The van der Waals surface area contributed by atoms with Crippen molar-refractivity contribution in [1.82, 2.24) is 15.2 Å². The summed E-state index contributed by atoms with van der Waals surface area (Å²) in [4.78, 5) is 23.0. The summed E-state index contributed by atoms with van der Waals surface area (Å²) in [5.74, 6) is -1.77. The molecule has 0 aliphatic heterocycles. The highest BCUT2D eigenvalue weighted by molar-refractivity contribution is 6.33. The lowest BCUT2D eigenvalue weighted by Gasteiger charge is -2.08. The monoisotopic (exact) mass is 418 g/mol. The molecule has 156 valence electrons. The van der Waals surface area contributed by atoms with E-state index in [9.17, 15) is 14.0 Å². The van der Waals surface area contributed by atoms with Gasteiger partial charge in [0.1, 0.15) is 5.82 Å². The summed E-state index contributed by atoms with van der Waals surface area (Å²) in [6.07, 6.45) is 3.48. The van der Waals surface area contributed by atoms with Crippen LogP contribution >= 0.6 is 0 Å². The minimum atomic E-state index is -1.10. The van der Waals surface area contributed by atoms with Gasteiger partial charge in [0.15, 0.2) is 5.82 Å². The zero-order valence-corrected chi connectivity index (χ0v) is 16.2. The third-order valence-corrected chi connectivity index (χ3v) is 4.15. The molecule has 0 radical (unpaired) electrons. The van der Waals surface area contributed by atoms with Crippen molar-refractivity contribution in [3.05, 3.63) is 84.9 Å². The van der Waals surface area contributed by atoms with Crippen molar-refractivity contribution < 1.29 is 14.0 Å². The van der Waals surface area contributed by atoms with Crippen LogP contribution in [-0.2, 0) is 9.59 Å². The molecule has 8 nitrogen and oxygen atoms in total. The summed E-state index contributed by atoms with van der Waals surface area (Å²) in [5.41, 5.74) is 13.2. The highest BCUT2D eigenvalue weighted by atomic mass is 19.1. The summed E-state index contributed by atoms with van der Waals surface area (Å²) in [6, 6.07) is 20.0. The number of carbonyl (C=O) groups excluding carboxylic acids is 2. The van der Waals surface area contributed by atoms with Crippen molar-refractivity contribution in [2.75, 3.05) is 5.32 Å². The Labute approximate surface area is 177 Å². The molecule has 0 spiro atoms. The number of primary amides is 2. The van der Waals surface area contributed by atoms with Crippen molar-refractivity contribution in [2.24, 2.45) is 11.5 Å². The van der Waals surface area contributed by atoms with Gasteiger partial charge in [-0.15, -0.1) is 0 Å². The van der Waals surface area contributed by atoms with Gasteiger partial charge in [0.25, 0.3) is 0 Å². The van der Waals surface area contributed by atoms with E-state index < -0.39 is 11.8 Å². The van der Waals surface area contributed by atoms with Crippen LogP contribution in [0.5, 0.6) is 0 Å².